The summed E-state index contributed by atoms with van der Waals surface area (Å²) < 4.78 is 22.4. The molecule has 1 aliphatic heterocycles. The zero-order valence-corrected chi connectivity index (χ0v) is 20.3. The molecular weight excluding hydrogens is 461 g/mol. The van der Waals surface area contributed by atoms with Gasteiger partial charge in [0, 0.05) is 44.0 Å². The topological polar surface area (TPSA) is 88.4 Å². The van der Waals surface area contributed by atoms with Crippen LogP contribution < -0.4 is 10.1 Å². The Morgan fingerprint density at radius 2 is 1.94 bits per heavy atom. The third-order valence-corrected chi connectivity index (χ3v) is 5.99. The number of anilines is 2. The zero-order valence-electron chi connectivity index (χ0n) is 19.5. The second-order valence-electron chi connectivity index (χ2n) is 8.42. The molecule has 3 aromatic rings. The highest BCUT2D eigenvalue weighted by Crippen LogP contribution is 2.34. The molecule has 0 bridgehead atoms. The summed E-state index contributed by atoms with van der Waals surface area (Å²) in [4.78, 5) is 25.4. The highest BCUT2D eigenvalue weighted by molar-refractivity contribution is 6.32. The molecule has 34 heavy (non-hydrogen) atoms. The normalized spacial score (nSPS) is 14.5. The van der Waals surface area contributed by atoms with Crippen LogP contribution in [0.15, 0.2) is 30.7 Å². The third kappa shape index (κ3) is 4.83. The number of hydrogen-bond acceptors (Lipinski definition) is 7. The largest absolute Gasteiger partial charge is 0.492 e. The number of nitrogens with zero attached hydrogens (tertiary/aromatic N) is 6. The van der Waals surface area contributed by atoms with E-state index < -0.39 is 5.82 Å². The van der Waals surface area contributed by atoms with Crippen molar-refractivity contribution in [2.45, 2.75) is 19.9 Å². The minimum Gasteiger partial charge on any atom is -0.492 e. The van der Waals surface area contributed by atoms with Crippen LogP contribution in [0.2, 0.25) is 5.02 Å². The van der Waals surface area contributed by atoms with E-state index >= 15 is 4.39 Å². The molecule has 0 spiro atoms. The molecule has 9 nitrogen and oxygen atoms in total. The van der Waals surface area contributed by atoms with Crippen molar-refractivity contribution in [3.8, 4) is 17.0 Å². The van der Waals surface area contributed by atoms with E-state index in [2.05, 4.69) is 25.3 Å². The summed E-state index contributed by atoms with van der Waals surface area (Å²) in [5, 5.41) is 7.66. The molecule has 1 saturated heterocycles. The fourth-order valence-electron chi connectivity index (χ4n) is 3.69. The molecule has 1 N–H and O–H groups in total. The minimum absolute atomic E-state index is 0.0363. The number of amides is 1. The van der Waals surface area contributed by atoms with Crippen LogP contribution in [0.3, 0.4) is 0 Å². The van der Waals surface area contributed by atoms with Gasteiger partial charge >= 0.3 is 0 Å². The van der Waals surface area contributed by atoms with E-state index in [1.807, 2.05) is 27.1 Å². The molecule has 0 radical (unpaired) electrons. The van der Waals surface area contributed by atoms with Crippen molar-refractivity contribution in [1.29, 1.82) is 0 Å². The Morgan fingerprint density at radius 3 is 2.59 bits per heavy atom. The number of carbonyl (C=O) groups excluding carboxylic acids is 1. The van der Waals surface area contributed by atoms with Crippen molar-refractivity contribution >= 4 is 29.1 Å². The Balaban J connectivity index is 1.60. The number of carbonyl (C=O) groups is 1. The van der Waals surface area contributed by atoms with E-state index in [4.69, 9.17) is 16.3 Å². The lowest BCUT2D eigenvalue weighted by Gasteiger charge is -2.32. The summed E-state index contributed by atoms with van der Waals surface area (Å²) in [6.45, 7) is 6.62. The lowest BCUT2D eigenvalue weighted by molar-refractivity contribution is 0.0658. The van der Waals surface area contributed by atoms with E-state index in [1.54, 1.807) is 21.8 Å². The summed E-state index contributed by atoms with van der Waals surface area (Å²) in [6, 6.07) is 3.22. The predicted molar refractivity (Wildman–Crippen MR) is 128 cm³/mol. The van der Waals surface area contributed by atoms with Gasteiger partial charge in [-0.05, 0) is 33.0 Å². The lowest BCUT2D eigenvalue weighted by Crippen LogP contribution is -2.47. The number of methoxy groups -OCH3 is 1. The van der Waals surface area contributed by atoms with Crippen molar-refractivity contribution in [2.75, 3.05) is 45.7 Å². The number of piperazine rings is 1. The molecule has 0 aliphatic carbocycles. The monoisotopic (exact) mass is 487 g/mol. The molecule has 180 valence electrons. The van der Waals surface area contributed by atoms with E-state index in [0.717, 1.165) is 18.7 Å². The first-order valence-electron chi connectivity index (χ1n) is 11.0. The first-order chi connectivity index (χ1) is 16.3. The highest BCUT2D eigenvalue weighted by atomic mass is 35.5. The molecule has 3 heterocycles. The quantitative estimate of drug-likeness (QED) is 0.565. The maximum Gasteiger partial charge on any atom is 0.257 e. The van der Waals surface area contributed by atoms with Crippen LogP contribution in [0, 0.1) is 5.82 Å². The highest BCUT2D eigenvalue weighted by Gasteiger charge is 2.26. The van der Waals surface area contributed by atoms with Crippen LogP contribution in [0.1, 0.15) is 30.2 Å². The van der Waals surface area contributed by atoms with Crippen LogP contribution in [0.25, 0.3) is 11.3 Å². The Bertz CT molecular complexity index is 1190. The van der Waals surface area contributed by atoms with Crippen LogP contribution in [0.4, 0.5) is 16.0 Å². The zero-order chi connectivity index (χ0) is 24.4. The molecular formula is C23H27ClFN7O2. The average molecular weight is 488 g/mol. The van der Waals surface area contributed by atoms with Crippen LogP contribution >= 0.6 is 11.6 Å². The van der Waals surface area contributed by atoms with Gasteiger partial charge in [0.2, 0.25) is 5.95 Å². The minimum atomic E-state index is -0.733. The molecule has 1 fully saturated rings. The maximum atomic E-state index is 15.3. The van der Waals surface area contributed by atoms with E-state index in [-0.39, 0.29) is 29.2 Å². The molecule has 0 saturated carbocycles. The number of ether oxygens (including phenoxy) is 1. The van der Waals surface area contributed by atoms with Crippen molar-refractivity contribution < 1.29 is 13.9 Å². The smallest absolute Gasteiger partial charge is 0.257 e. The number of aromatic nitrogens is 4. The van der Waals surface area contributed by atoms with Gasteiger partial charge in [-0.1, -0.05) is 11.6 Å². The van der Waals surface area contributed by atoms with Gasteiger partial charge in [0.1, 0.15) is 0 Å². The van der Waals surface area contributed by atoms with Gasteiger partial charge in [0.15, 0.2) is 11.6 Å². The molecule has 2 aromatic heterocycles. The summed E-state index contributed by atoms with van der Waals surface area (Å²) in [6.07, 6.45) is 4.99. The summed E-state index contributed by atoms with van der Waals surface area (Å²) in [5.74, 6) is -0.980. The van der Waals surface area contributed by atoms with Gasteiger partial charge in [-0.15, -0.1) is 0 Å². The Kier molecular flexibility index (Phi) is 6.99. The third-order valence-electron chi connectivity index (χ3n) is 5.72. The summed E-state index contributed by atoms with van der Waals surface area (Å²) in [7, 11) is 3.34. The molecule has 1 amide bonds. The number of likely N-dealkylation sites (N-methyl/N-ethyl adjacent to an activating group) is 1. The number of nitrogens with one attached hydrogen (secondary N) is 1. The lowest BCUT2D eigenvalue weighted by atomic mass is 10.1. The van der Waals surface area contributed by atoms with E-state index in [1.165, 1.54) is 19.4 Å². The van der Waals surface area contributed by atoms with Crippen molar-refractivity contribution in [1.82, 2.24) is 29.5 Å². The maximum absolute atomic E-state index is 15.3. The number of hydrogen-bond donors (Lipinski definition) is 1. The Hall–Kier alpha value is -3.24. The second-order valence-corrected chi connectivity index (χ2v) is 8.83. The van der Waals surface area contributed by atoms with E-state index in [0.29, 0.717) is 29.5 Å². The number of benzene rings is 1. The summed E-state index contributed by atoms with van der Waals surface area (Å²) in [5.41, 5.74) is 1.48. The first kappa shape index (κ1) is 23.9. The number of halogens is 2. The molecule has 11 heteroatoms. The molecule has 1 aromatic carbocycles. The van der Waals surface area contributed by atoms with Gasteiger partial charge in [-0.25, -0.2) is 14.4 Å². The fourth-order valence-corrected chi connectivity index (χ4v) is 3.89. The van der Waals surface area contributed by atoms with Crippen LogP contribution in [-0.4, -0.2) is 75.8 Å². The van der Waals surface area contributed by atoms with Crippen molar-refractivity contribution in [2.24, 2.45) is 0 Å². The van der Waals surface area contributed by atoms with E-state index in [9.17, 15) is 4.79 Å². The summed E-state index contributed by atoms with van der Waals surface area (Å²) >= 11 is 6.33. The molecule has 4 rings (SSSR count). The Labute approximate surface area is 202 Å². The van der Waals surface area contributed by atoms with Gasteiger partial charge in [-0.2, -0.15) is 5.10 Å². The van der Waals surface area contributed by atoms with Crippen LogP contribution in [-0.2, 0) is 0 Å². The van der Waals surface area contributed by atoms with Gasteiger partial charge in [0.05, 0.1) is 41.5 Å². The van der Waals surface area contributed by atoms with Crippen molar-refractivity contribution in [3.63, 3.8) is 0 Å². The predicted octanol–water partition coefficient (Wildman–Crippen LogP) is 3.85. The van der Waals surface area contributed by atoms with Gasteiger partial charge in [-0.3, -0.25) is 9.48 Å². The second kappa shape index (κ2) is 9.94. The molecule has 1 aliphatic rings. The first-order valence-corrected chi connectivity index (χ1v) is 11.3. The van der Waals surface area contributed by atoms with Crippen molar-refractivity contribution in [3.05, 3.63) is 47.1 Å². The number of rotatable bonds is 6. The van der Waals surface area contributed by atoms with Gasteiger partial charge in [0.25, 0.3) is 5.91 Å². The Morgan fingerprint density at radius 1 is 1.21 bits per heavy atom. The van der Waals surface area contributed by atoms with Gasteiger partial charge < -0.3 is 19.9 Å². The average Bonchev–Trinajstić information content (AvgIpc) is 3.31. The molecule has 0 atom stereocenters. The standard InChI is InChI=1S/C23H27ClFN7O2/c1-14(2)32-13-15(11-27-32)20-17(24)12-26-23(29-20)28-18-6-5-16(19(25)21(18)34-4)22(33)31-9-7-30(3)8-10-31/h5-6,11-14H,7-10H2,1-4H3,(H,26,28,29). The molecule has 0 unspecified atom stereocenters. The van der Waals surface area contributed by atoms with Crippen LogP contribution in [0.5, 0.6) is 5.75 Å². The SMILES string of the molecule is COc1c(Nc2ncc(Cl)c(-c3cnn(C(C)C)c3)n2)ccc(C(=O)N2CCN(C)CC2)c1F. The fraction of sp³-hybridized carbons (Fsp3) is 0.391.